The van der Waals surface area contributed by atoms with Crippen LogP contribution >= 0.6 is 11.3 Å². The van der Waals surface area contributed by atoms with E-state index >= 15 is 0 Å². The first-order chi connectivity index (χ1) is 13.0. The van der Waals surface area contributed by atoms with E-state index in [4.69, 9.17) is 5.73 Å². The predicted molar refractivity (Wildman–Crippen MR) is 102 cm³/mol. The Morgan fingerprint density at radius 1 is 1.22 bits per heavy atom. The molecule has 1 aliphatic rings. The minimum absolute atomic E-state index is 0.160. The quantitative estimate of drug-likeness (QED) is 0.676. The molecule has 0 atom stereocenters. The van der Waals surface area contributed by atoms with Gasteiger partial charge in [-0.25, -0.2) is 9.48 Å². The van der Waals surface area contributed by atoms with Crippen LogP contribution in [0.25, 0.3) is 10.7 Å². The zero-order chi connectivity index (χ0) is 19.0. The molecule has 3 N–H and O–H groups in total. The molecule has 9 heteroatoms. The summed E-state index contributed by atoms with van der Waals surface area (Å²) in [5.41, 5.74) is 5.79. The molecule has 8 nitrogen and oxygen atoms in total. The fourth-order valence-electron chi connectivity index (χ4n) is 2.81. The number of thiophene rings is 1. The zero-order valence-electron chi connectivity index (χ0n) is 14.3. The maximum absolute atomic E-state index is 12.7. The van der Waals surface area contributed by atoms with Crippen LogP contribution in [0.3, 0.4) is 0 Å². The summed E-state index contributed by atoms with van der Waals surface area (Å²) >= 11 is 1.51. The summed E-state index contributed by atoms with van der Waals surface area (Å²) in [4.78, 5) is 37.0. The average molecular weight is 383 g/mol. The number of carbonyl (C=O) groups is 2. The molecule has 3 aromatic rings. The molecule has 0 radical (unpaired) electrons. The van der Waals surface area contributed by atoms with Crippen LogP contribution in [-0.2, 0) is 11.3 Å². The Morgan fingerprint density at radius 2 is 1.96 bits per heavy atom. The largest absolute Gasteiger partial charge is 0.366 e. The Bertz CT molecular complexity index is 1050. The van der Waals surface area contributed by atoms with Crippen LogP contribution in [0.15, 0.2) is 46.6 Å². The van der Waals surface area contributed by atoms with Crippen molar-refractivity contribution in [3.05, 3.63) is 57.8 Å². The third-order valence-electron chi connectivity index (χ3n) is 4.27. The number of nitrogens with two attached hydrogens (primary N) is 1. The van der Waals surface area contributed by atoms with Crippen LogP contribution in [0.2, 0.25) is 0 Å². The lowest BCUT2D eigenvalue weighted by Gasteiger charge is -2.05. The van der Waals surface area contributed by atoms with Gasteiger partial charge in [0.1, 0.15) is 6.54 Å². The van der Waals surface area contributed by atoms with Crippen LogP contribution in [0.1, 0.15) is 29.2 Å². The van der Waals surface area contributed by atoms with E-state index in [0.29, 0.717) is 17.1 Å². The van der Waals surface area contributed by atoms with Crippen molar-refractivity contribution in [3.63, 3.8) is 0 Å². The Morgan fingerprint density at radius 3 is 2.56 bits per heavy atom. The van der Waals surface area contributed by atoms with Crippen molar-refractivity contribution in [1.29, 1.82) is 0 Å². The number of carbonyl (C=O) groups excluding carboxylic acids is 2. The number of rotatable bonds is 6. The van der Waals surface area contributed by atoms with Crippen LogP contribution in [0, 0.1) is 0 Å². The van der Waals surface area contributed by atoms with Crippen molar-refractivity contribution in [2.75, 3.05) is 5.32 Å². The Labute approximate surface area is 158 Å². The SMILES string of the molecule is NC(=O)c1ccc(NC(=O)Cn2nc(-c3cccs3)n(C3CC3)c2=O)cc1. The fraction of sp³-hybridized carbons (Fsp3) is 0.222. The number of aromatic nitrogens is 3. The second-order valence-electron chi connectivity index (χ2n) is 6.33. The maximum Gasteiger partial charge on any atom is 0.346 e. The van der Waals surface area contributed by atoms with Crippen molar-refractivity contribution in [2.45, 2.75) is 25.4 Å². The molecule has 2 amide bonds. The number of hydrogen-bond acceptors (Lipinski definition) is 5. The van der Waals surface area contributed by atoms with E-state index in [1.165, 1.54) is 28.2 Å². The van der Waals surface area contributed by atoms with E-state index in [0.717, 1.165) is 17.7 Å². The fourth-order valence-corrected chi connectivity index (χ4v) is 3.52. The third kappa shape index (κ3) is 3.54. The summed E-state index contributed by atoms with van der Waals surface area (Å²) < 4.78 is 2.88. The molecule has 1 saturated carbocycles. The lowest BCUT2D eigenvalue weighted by atomic mass is 10.2. The second-order valence-corrected chi connectivity index (χ2v) is 7.28. The molecule has 0 spiro atoms. The van der Waals surface area contributed by atoms with Crippen LogP contribution < -0.4 is 16.7 Å². The highest BCUT2D eigenvalue weighted by molar-refractivity contribution is 7.13. The standard InChI is InChI=1S/C18H17N5O3S/c19-16(25)11-3-5-12(6-4-11)20-15(24)10-22-18(26)23(13-7-8-13)17(21-22)14-2-1-9-27-14/h1-6,9,13H,7-8,10H2,(H2,19,25)(H,20,24). The smallest absolute Gasteiger partial charge is 0.346 e. The Balaban J connectivity index is 1.54. The summed E-state index contributed by atoms with van der Waals surface area (Å²) in [6.07, 6.45) is 1.89. The number of anilines is 1. The molecule has 1 fully saturated rings. The summed E-state index contributed by atoms with van der Waals surface area (Å²) in [5.74, 6) is -0.302. The van der Waals surface area contributed by atoms with Gasteiger partial charge >= 0.3 is 5.69 Å². The van der Waals surface area contributed by atoms with E-state index < -0.39 is 5.91 Å². The Hall–Kier alpha value is -3.20. The number of primary amides is 1. The zero-order valence-corrected chi connectivity index (χ0v) is 15.1. The van der Waals surface area contributed by atoms with E-state index in [1.54, 1.807) is 16.7 Å². The van der Waals surface area contributed by atoms with Crippen LogP contribution in [0.5, 0.6) is 0 Å². The minimum atomic E-state index is -0.536. The topological polar surface area (TPSA) is 112 Å². The van der Waals surface area contributed by atoms with Crippen LogP contribution in [0.4, 0.5) is 5.69 Å². The molecule has 4 rings (SSSR count). The molecule has 2 aromatic heterocycles. The predicted octanol–water partition coefficient (Wildman–Crippen LogP) is 1.85. The molecular formula is C18H17N5O3S. The van der Waals surface area contributed by atoms with Gasteiger partial charge in [-0.05, 0) is 48.6 Å². The molecule has 0 saturated heterocycles. The average Bonchev–Trinajstić information content (AvgIpc) is 3.22. The van der Waals surface area contributed by atoms with Crippen molar-refractivity contribution < 1.29 is 9.59 Å². The van der Waals surface area contributed by atoms with Gasteiger partial charge in [-0.1, -0.05) is 6.07 Å². The molecule has 2 heterocycles. The molecule has 0 aliphatic heterocycles. The highest BCUT2D eigenvalue weighted by atomic mass is 32.1. The van der Waals surface area contributed by atoms with E-state index in [2.05, 4.69) is 10.4 Å². The second kappa shape index (κ2) is 6.84. The van der Waals surface area contributed by atoms with E-state index in [-0.39, 0.29) is 24.2 Å². The minimum Gasteiger partial charge on any atom is -0.366 e. The number of benzene rings is 1. The van der Waals surface area contributed by atoms with Gasteiger partial charge in [0, 0.05) is 17.3 Å². The molecular weight excluding hydrogens is 366 g/mol. The van der Waals surface area contributed by atoms with Crippen molar-refractivity contribution >= 4 is 28.8 Å². The lowest BCUT2D eigenvalue weighted by Crippen LogP contribution is -2.30. The van der Waals surface area contributed by atoms with Gasteiger partial charge in [-0.15, -0.1) is 16.4 Å². The van der Waals surface area contributed by atoms with Crippen LogP contribution in [-0.4, -0.2) is 26.2 Å². The maximum atomic E-state index is 12.7. The number of nitrogens with zero attached hydrogens (tertiary/aromatic N) is 3. The van der Waals surface area contributed by atoms with E-state index in [1.807, 2.05) is 17.5 Å². The highest BCUT2D eigenvalue weighted by Crippen LogP contribution is 2.37. The first-order valence-electron chi connectivity index (χ1n) is 8.46. The highest BCUT2D eigenvalue weighted by Gasteiger charge is 2.31. The van der Waals surface area contributed by atoms with Crippen molar-refractivity contribution in [2.24, 2.45) is 5.73 Å². The van der Waals surface area contributed by atoms with Gasteiger partial charge < -0.3 is 11.1 Å². The molecule has 1 aromatic carbocycles. The van der Waals surface area contributed by atoms with Gasteiger partial charge in [0.25, 0.3) is 0 Å². The normalized spacial score (nSPS) is 13.5. The van der Waals surface area contributed by atoms with Gasteiger partial charge in [0.05, 0.1) is 4.88 Å². The monoisotopic (exact) mass is 383 g/mol. The summed E-state index contributed by atoms with van der Waals surface area (Å²) in [6.45, 7) is -0.186. The van der Waals surface area contributed by atoms with Gasteiger partial charge in [0.2, 0.25) is 11.8 Å². The Kier molecular flexibility index (Phi) is 4.36. The number of amides is 2. The first-order valence-corrected chi connectivity index (χ1v) is 9.34. The summed E-state index contributed by atoms with van der Waals surface area (Å²) in [6, 6.07) is 10.2. The lowest BCUT2D eigenvalue weighted by molar-refractivity contribution is -0.117. The number of hydrogen-bond donors (Lipinski definition) is 2. The van der Waals surface area contributed by atoms with Crippen molar-refractivity contribution in [3.8, 4) is 10.7 Å². The molecule has 27 heavy (non-hydrogen) atoms. The van der Waals surface area contributed by atoms with E-state index in [9.17, 15) is 14.4 Å². The first kappa shape index (κ1) is 17.2. The molecule has 1 aliphatic carbocycles. The van der Waals surface area contributed by atoms with Gasteiger partial charge in [0.15, 0.2) is 5.82 Å². The molecule has 0 bridgehead atoms. The number of nitrogens with one attached hydrogen (secondary N) is 1. The van der Waals surface area contributed by atoms with Gasteiger partial charge in [-0.2, -0.15) is 0 Å². The molecule has 0 unspecified atom stereocenters. The third-order valence-corrected chi connectivity index (χ3v) is 5.14. The summed E-state index contributed by atoms with van der Waals surface area (Å²) in [7, 11) is 0. The van der Waals surface area contributed by atoms with Gasteiger partial charge in [-0.3, -0.25) is 14.2 Å². The van der Waals surface area contributed by atoms with Crippen molar-refractivity contribution in [1.82, 2.24) is 14.3 Å². The summed E-state index contributed by atoms with van der Waals surface area (Å²) in [5, 5.41) is 9.01. The molecule has 138 valence electrons.